The summed E-state index contributed by atoms with van der Waals surface area (Å²) in [4.78, 5) is 10.4. The quantitative estimate of drug-likeness (QED) is 0.387. The lowest BCUT2D eigenvalue weighted by molar-refractivity contribution is 0.303. The Balaban J connectivity index is 1.04. The van der Waals surface area contributed by atoms with Gasteiger partial charge in [0.15, 0.2) is 6.17 Å². The van der Waals surface area contributed by atoms with Crippen LogP contribution in [0.15, 0.2) is 124 Å². The van der Waals surface area contributed by atoms with Gasteiger partial charge in [-0.2, -0.15) is 0 Å². The van der Waals surface area contributed by atoms with E-state index in [9.17, 15) is 0 Å². The van der Waals surface area contributed by atoms with Gasteiger partial charge in [-0.3, -0.25) is 0 Å². The van der Waals surface area contributed by atoms with Gasteiger partial charge in [0.05, 0.1) is 0 Å². The van der Waals surface area contributed by atoms with E-state index in [2.05, 4.69) is 140 Å². The van der Waals surface area contributed by atoms with Crippen molar-refractivity contribution in [1.29, 1.82) is 0 Å². The van der Waals surface area contributed by atoms with Crippen LogP contribution in [-0.4, -0.2) is 21.7 Å². The van der Waals surface area contributed by atoms with Crippen molar-refractivity contribution in [2.24, 2.45) is 27.2 Å². The van der Waals surface area contributed by atoms with Gasteiger partial charge in [-0.25, -0.2) is 9.98 Å². The molecule has 2 aromatic rings. The molecule has 2 fully saturated rings. The van der Waals surface area contributed by atoms with Gasteiger partial charge in [0, 0.05) is 27.1 Å². The van der Waals surface area contributed by atoms with Crippen LogP contribution < -0.4 is 15.8 Å². The Morgan fingerprint density at radius 3 is 2.60 bits per heavy atom. The number of aliphatic imine (C=N–C) groups is 2. The van der Waals surface area contributed by atoms with Gasteiger partial charge in [0.1, 0.15) is 11.7 Å². The summed E-state index contributed by atoms with van der Waals surface area (Å²) in [6, 6.07) is 17.7. The van der Waals surface area contributed by atoms with E-state index in [0.29, 0.717) is 21.8 Å². The van der Waals surface area contributed by atoms with Crippen LogP contribution in [0.5, 0.6) is 0 Å². The second-order valence-corrected chi connectivity index (χ2v) is 15.5. The Morgan fingerprint density at radius 1 is 0.867 bits per heavy atom. The fourth-order valence-corrected chi connectivity index (χ4v) is 10.7. The second kappa shape index (κ2) is 10.3. The monoisotopic (exact) mass is 605 g/mol. The summed E-state index contributed by atoms with van der Waals surface area (Å²) >= 11 is 2.22. The fourth-order valence-electron chi connectivity index (χ4n) is 8.45. The number of hydrogen-bond donors (Lipinski definition) is 1. The van der Waals surface area contributed by atoms with Crippen molar-refractivity contribution in [3.63, 3.8) is 0 Å². The van der Waals surface area contributed by atoms with Crippen LogP contribution in [0.3, 0.4) is 0 Å². The van der Waals surface area contributed by atoms with Gasteiger partial charge < -0.3 is 5.32 Å². The molecular weight excluding hydrogens is 567 g/mol. The molecule has 1 spiro atoms. The Bertz CT molecular complexity index is 1980. The maximum atomic E-state index is 5.26. The molecule has 5 aliphatic carbocycles. The SMILES string of the molecule is CC1(C)C2=CC=CC3CC23SC2C=C(c3ccc(C4N=C(C5=CCCC=C5)NC(C5=c6ccccc6=CCC5)=N4)cc3)C=CC21. The number of allylic oxidation sites excluding steroid dienone is 8. The molecule has 1 N–H and O–H groups in total. The molecule has 3 nitrogen and oxygen atoms in total. The summed E-state index contributed by atoms with van der Waals surface area (Å²) in [5.74, 6) is 3.12. The molecule has 45 heavy (non-hydrogen) atoms. The van der Waals surface area contributed by atoms with Crippen molar-refractivity contribution in [2.75, 3.05) is 0 Å². The molecule has 2 heterocycles. The number of nitrogens with zero attached hydrogens (tertiary/aromatic N) is 2. The summed E-state index contributed by atoms with van der Waals surface area (Å²) in [6.07, 6.45) is 28.8. The van der Waals surface area contributed by atoms with Crippen LogP contribution in [-0.2, 0) is 0 Å². The summed E-state index contributed by atoms with van der Waals surface area (Å²) in [5, 5.41) is 6.73. The van der Waals surface area contributed by atoms with E-state index < -0.39 is 0 Å². The first kappa shape index (κ1) is 27.4. The highest BCUT2D eigenvalue weighted by Crippen LogP contribution is 2.71. The number of thioether (sulfide) groups is 1. The van der Waals surface area contributed by atoms with Crippen molar-refractivity contribution in [1.82, 2.24) is 5.32 Å². The molecule has 1 saturated heterocycles. The summed E-state index contributed by atoms with van der Waals surface area (Å²) in [5.41, 5.74) is 8.02. The number of rotatable bonds is 4. The third kappa shape index (κ3) is 4.47. The normalized spacial score (nSPS) is 31.8. The standard InChI is InChI=1S/C41H39N3S/c1-40(2)34-23-22-30(24-35(34)45-41-25-31(41)14-9-17-36(40)41)26-18-20-29(21-19-26)38-42-37(28-11-4-3-5-12-28)43-39(44-38)33-16-8-13-27-10-6-7-15-32(27)33/h4,6-7,9-15,17-24,31,34-35,38H,3,5,8,16,25H2,1-2H3,(H,42,43,44). The molecule has 5 unspecified atom stereocenters. The third-order valence-corrected chi connectivity index (χ3v) is 12.8. The molecule has 0 radical (unpaired) electrons. The third-order valence-electron chi connectivity index (χ3n) is 11.0. The highest BCUT2D eigenvalue weighted by molar-refractivity contribution is 8.02. The highest BCUT2D eigenvalue weighted by atomic mass is 32.2. The first-order valence-corrected chi connectivity index (χ1v) is 17.5. The van der Waals surface area contributed by atoms with Gasteiger partial charge in [-0.1, -0.05) is 123 Å². The molecule has 5 atom stereocenters. The molecular formula is C41H39N3S. The molecule has 7 aliphatic rings. The summed E-state index contributed by atoms with van der Waals surface area (Å²) in [6.45, 7) is 4.93. The zero-order chi connectivity index (χ0) is 30.2. The van der Waals surface area contributed by atoms with Crippen LogP contribution >= 0.6 is 11.8 Å². The largest absolute Gasteiger partial charge is 0.325 e. The maximum Gasteiger partial charge on any atom is 0.169 e. The average Bonchev–Trinajstić information content (AvgIpc) is 3.81. The molecule has 2 aliphatic heterocycles. The molecule has 0 aromatic heterocycles. The minimum Gasteiger partial charge on any atom is -0.325 e. The van der Waals surface area contributed by atoms with Crippen LogP contribution in [0.2, 0.25) is 0 Å². The van der Waals surface area contributed by atoms with E-state index in [1.165, 1.54) is 33.6 Å². The van der Waals surface area contributed by atoms with Crippen molar-refractivity contribution >= 4 is 40.7 Å². The van der Waals surface area contributed by atoms with E-state index in [4.69, 9.17) is 9.98 Å². The van der Waals surface area contributed by atoms with Crippen LogP contribution in [0.4, 0.5) is 0 Å². The Hall–Kier alpha value is -3.89. The lowest BCUT2D eigenvalue weighted by atomic mass is 9.66. The Labute approximate surface area is 270 Å². The fraction of sp³-hybridized carbons (Fsp3) is 0.317. The van der Waals surface area contributed by atoms with Gasteiger partial charge in [-0.05, 0) is 76.1 Å². The zero-order valence-electron chi connectivity index (χ0n) is 26.0. The molecule has 9 rings (SSSR count). The Morgan fingerprint density at radius 2 is 1.73 bits per heavy atom. The highest BCUT2D eigenvalue weighted by Gasteiger charge is 2.65. The lowest BCUT2D eigenvalue weighted by Crippen LogP contribution is -2.44. The van der Waals surface area contributed by atoms with E-state index >= 15 is 0 Å². The van der Waals surface area contributed by atoms with Crippen molar-refractivity contribution in [3.8, 4) is 0 Å². The topological polar surface area (TPSA) is 36.8 Å². The summed E-state index contributed by atoms with van der Waals surface area (Å²) < 4.78 is 0.328. The van der Waals surface area contributed by atoms with Crippen molar-refractivity contribution in [3.05, 3.63) is 136 Å². The van der Waals surface area contributed by atoms with Gasteiger partial charge in [-0.15, -0.1) is 11.8 Å². The first-order valence-electron chi connectivity index (χ1n) is 16.7. The Kier molecular flexibility index (Phi) is 6.29. The molecule has 2 aromatic carbocycles. The van der Waals surface area contributed by atoms with E-state index in [0.717, 1.165) is 48.5 Å². The lowest BCUT2D eigenvalue weighted by Gasteiger charge is -2.50. The van der Waals surface area contributed by atoms with Gasteiger partial charge >= 0.3 is 0 Å². The molecule has 0 bridgehead atoms. The molecule has 1 saturated carbocycles. The van der Waals surface area contributed by atoms with E-state index in [-0.39, 0.29) is 11.6 Å². The zero-order valence-corrected chi connectivity index (χ0v) is 26.9. The number of nitrogens with one attached hydrogen (secondary N) is 1. The molecule has 0 amide bonds. The number of benzene rings is 2. The van der Waals surface area contributed by atoms with Crippen LogP contribution in [0.25, 0.3) is 17.2 Å². The van der Waals surface area contributed by atoms with Crippen molar-refractivity contribution in [2.45, 2.75) is 62.1 Å². The van der Waals surface area contributed by atoms with E-state index in [1.807, 2.05) is 0 Å². The molecule has 4 heteroatoms. The van der Waals surface area contributed by atoms with Gasteiger partial charge in [0.25, 0.3) is 0 Å². The number of fused-ring (bicyclic) bond motifs is 2. The second-order valence-electron chi connectivity index (χ2n) is 14.0. The van der Waals surface area contributed by atoms with E-state index in [1.54, 1.807) is 5.57 Å². The minimum atomic E-state index is -0.280. The number of amidine groups is 2. The predicted octanol–water partition coefficient (Wildman–Crippen LogP) is 7.75. The van der Waals surface area contributed by atoms with Crippen molar-refractivity contribution < 1.29 is 0 Å². The maximum absolute atomic E-state index is 5.26. The first-order chi connectivity index (χ1) is 22.0. The van der Waals surface area contributed by atoms with Crippen LogP contribution in [0, 0.1) is 17.3 Å². The van der Waals surface area contributed by atoms with Crippen LogP contribution in [0.1, 0.15) is 63.2 Å². The predicted molar refractivity (Wildman–Crippen MR) is 190 cm³/mol. The smallest absolute Gasteiger partial charge is 0.169 e. The number of hydrogen-bond acceptors (Lipinski definition) is 4. The average molecular weight is 606 g/mol. The molecule has 224 valence electrons. The summed E-state index contributed by atoms with van der Waals surface area (Å²) in [7, 11) is 0. The van der Waals surface area contributed by atoms with Gasteiger partial charge in [0.2, 0.25) is 0 Å². The minimum absolute atomic E-state index is 0.177.